The van der Waals surface area contributed by atoms with Crippen molar-refractivity contribution in [2.24, 2.45) is 0 Å². The fourth-order valence-corrected chi connectivity index (χ4v) is 2.99. The Kier molecular flexibility index (Phi) is 5.25. The van der Waals surface area contributed by atoms with E-state index in [1.165, 1.54) is 0 Å². The number of nitrogens with zero attached hydrogens (tertiary/aromatic N) is 4. The highest BCUT2D eigenvalue weighted by molar-refractivity contribution is 5.81. The van der Waals surface area contributed by atoms with E-state index >= 15 is 0 Å². The zero-order valence-corrected chi connectivity index (χ0v) is 16.4. The molecule has 2 aromatic carbocycles. The maximum atomic E-state index is 12.5. The number of carbonyl (C=O) groups excluding carboxylic acids is 1. The molecule has 4 rings (SSSR count). The van der Waals surface area contributed by atoms with Gasteiger partial charge in [-0.1, -0.05) is 23.4 Å². The molecule has 0 aliphatic heterocycles. The van der Waals surface area contributed by atoms with Gasteiger partial charge in [0.05, 0.1) is 18.7 Å². The van der Waals surface area contributed by atoms with Gasteiger partial charge in [-0.3, -0.25) is 9.59 Å². The second kappa shape index (κ2) is 8.16. The number of hydrogen-bond donors (Lipinski definition) is 1. The lowest BCUT2D eigenvalue weighted by Gasteiger charge is -2.10. The Hall–Kier alpha value is -4.01. The van der Waals surface area contributed by atoms with Crippen LogP contribution >= 0.6 is 0 Å². The van der Waals surface area contributed by atoms with Crippen LogP contribution in [0.4, 0.5) is 0 Å². The Morgan fingerprint density at radius 2 is 1.97 bits per heavy atom. The van der Waals surface area contributed by atoms with Gasteiger partial charge in [0.25, 0.3) is 5.56 Å². The van der Waals surface area contributed by atoms with Crippen LogP contribution in [0, 0.1) is 0 Å². The molecule has 0 radical (unpaired) electrons. The first-order valence-corrected chi connectivity index (χ1v) is 9.27. The van der Waals surface area contributed by atoms with Crippen LogP contribution in [0.15, 0.2) is 64.0 Å². The quantitative estimate of drug-likeness (QED) is 0.524. The van der Waals surface area contributed by atoms with E-state index in [0.717, 1.165) is 21.4 Å². The van der Waals surface area contributed by atoms with Crippen LogP contribution in [0.25, 0.3) is 22.2 Å². The Morgan fingerprint density at radius 3 is 2.73 bits per heavy atom. The van der Waals surface area contributed by atoms with Crippen LogP contribution in [0.3, 0.4) is 0 Å². The van der Waals surface area contributed by atoms with Crippen LogP contribution in [0.5, 0.6) is 5.75 Å². The first-order chi connectivity index (χ1) is 14.5. The molecule has 0 bridgehead atoms. The summed E-state index contributed by atoms with van der Waals surface area (Å²) in [5.74, 6) is 0.992. The molecule has 2 heterocycles. The van der Waals surface area contributed by atoms with Crippen molar-refractivity contribution in [2.45, 2.75) is 19.5 Å². The predicted octanol–water partition coefficient (Wildman–Crippen LogP) is 2.33. The molecule has 9 nitrogen and oxygen atoms in total. The number of rotatable bonds is 6. The summed E-state index contributed by atoms with van der Waals surface area (Å²) in [6, 6.07) is 13.8. The topological polar surface area (TPSA) is 112 Å². The smallest absolute Gasteiger partial charge is 0.275 e. The molecule has 0 saturated carbocycles. The molecule has 0 fully saturated rings. The molecule has 9 heteroatoms. The van der Waals surface area contributed by atoms with Crippen molar-refractivity contribution in [3.8, 4) is 17.1 Å². The Morgan fingerprint density at radius 1 is 1.20 bits per heavy atom. The van der Waals surface area contributed by atoms with Gasteiger partial charge in [-0.05, 0) is 37.3 Å². The van der Waals surface area contributed by atoms with E-state index in [0.29, 0.717) is 11.2 Å². The predicted molar refractivity (Wildman–Crippen MR) is 109 cm³/mol. The molecule has 30 heavy (non-hydrogen) atoms. The number of ether oxygens (including phenoxy) is 1. The Labute approximate surface area is 171 Å². The van der Waals surface area contributed by atoms with Crippen LogP contribution in [0.1, 0.15) is 18.9 Å². The van der Waals surface area contributed by atoms with E-state index in [1.54, 1.807) is 50.6 Å². The van der Waals surface area contributed by atoms with E-state index in [1.807, 2.05) is 18.2 Å². The van der Waals surface area contributed by atoms with Crippen molar-refractivity contribution in [3.05, 3.63) is 71.0 Å². The Balaban J connectivity index is 1.44. The third kappa shape index (κ3) is 3.90. The summed E-state index contributed by atoms with van der Waals surface area (Å²) in [4.78, 5) is 29.3. The van der Waals surface area contributed by atoms with Crippen LogP contribution in [0.2, 0.25) is 0 Å². The summed E-state index contributed by atoms with van der Waals surface area (Å²) in [5, 5.41) is 12.0. The lowest BCUT2D eigenvalue weighted by atomic mass is 10.2. The van der Waals surface area contributed by atoms with Crippen LogP contribution < -0.4 is 15.6 Å². The maximum absolute atomic E-state index is 12.5. The number of benzene rings is 2. The van der Waals surface area contributed by atoms with Gasteiger partial charge in [0, 0.05) is 10.9 Å². The monoisotopic (exact) mass is 405 g/mol. The first kappa shape index (κ1) is 19.3. The van der Waals surface area contributed by atoms with Crippen molar-refractivity contribution in [3.63, 3.8) is 0 Å². The number of nitrogens with one attached hydrogen (secondary N) is 1. The third-order valence-electron chi connectivity index (χ3n) is 4.59. The van der Waals surface area contributed by atoms with E-state index in [-0.39, 0.29) is 18.0 Å². The lowest BCUT2D eigenvalue weighted by Crippen LogP contribution is -2.35. The summed E-state index contributed by atoms with van der Waals surface area (Å²) < 4.78 is 11.5. The van der Waals surface area contributed by atoms with Crippen molar-refractivity contribution < 1.29 is 14.1 Å². The number of amides is 1. The van der Waals surface area contributed by atoms with Gasteiger partial charge in [-0.25, -0.2) is 4.68 Å². The maximum Gasteiger partial charge on any atom is 0.275 e. The average molecular weight is 405 g/mol. The number of hydrogen-bond acceptors (Lipinski definition) is 7. The van der Waals surface area contributed by atoms with Gasteiger partial charge in [-0.2, -0.15) is 10.1 Å². The minimum Gasteiger partial charge on any atom is -0.497 e. The molecule has 1 amide bonds. The molecule has 1 atom stereocenters. The molecule has 152 valence electrons. The molecular formula is C21H19N5O4. The molecule has 1 N–H and O–H groups in total. The van der Waals surface area contributed by atoms with Crippen molar-refractivity contribution in [1.82, 2.24) is 25.2 Å². The largest absolute Gasteiger partial charge is 0.497 e. The standard InChI is InChI=1S/C21H19N5O4/c1-13(20-24-19(25-30-20)14-7-9-16(29-2)10-8-14)23-18(27)12-26-21(28)17-6-4-3-5-15(17)11-22-26/h3-11,13H,12H2,1-2H3,(H,23,27)/t13-/m0/s1. The highest BCUT2D eigenvalue weighted by Gasteiger charge is 2.18. The summed E-state index contributed by atoms with van der Waals surface area (Å²) >= 11 is 0. The first-order valence-electron chi connectivity index (χ1n) is 9.27. The van der Waals surface area contributed by atoms with E-state index in [2.05, 4.69) is 20.6 Å². The second-order valence-electron chi connectivity index (χ2n) is 6.67. The zero-order valence-electron chi connectivity index (χ0n) is 16.4. The highest BCUT2D eigenvalue weighted by Crippen LogP contribution is 2.21. The van der Waals surface area contributed by atoms with E-state index < -0.39 is 11.9 Å². The molecule has 0 unspecified atom stereocenters. The minimum atomic E-state index is -0.534. The fourth-order valence-electron chi connectivity index (χ4n) is 2.99. The number of fused-ring (bicyclic) bond motifs is 1. The van der Waals surface area contributed by atoms with Gasteiger partial charge in [0.15, 0.2) is 0 Å². The molecule has 0 saturated heterocycles. The van der Waals surface area contributed by atoms with Crippen LogP contribution in [-0.4, -0.2) is 32.9 Å². The lowest BCUT2D eigenvalue weighted by molar-refractivity contribution is -0.122. The number of aromatic nitrogens is 4. The van der Waals surface area contributed by atoms with Gasteiger partial charge >= 0.3 is 0 Å². The molecule has 0 aliphatic rings. The normalized spacial score (nSPS) is 11.9. The molecular weight excluding hydrogens is 386 g/mol. The summed E-state index contributed by atoms with van der Waals surface area (Å²) in [7, 11) is 1.59. The minimum absolute atomic E-state index is 0.215. The molecule has 2 aromatic heterocycles. The van der Waals surface area contributed by atoms with E-state index in [9.17, 15) is 9.59 Å². The molecule has 0 aliphatic carbocycles. The van der Waals surface area contributed by atoms with Crippen molar-refractivity contribution in [2.75, 3.05) is 7.11 Å². The fraction of sp³-hybridized carbons (Fsp3) is 0.190. The summed E-state index contributed by atoms with van der Waals surface area (Å²) in [6.45, 7) is 1.51. The highest BCUT2D eigenvalue weighted by atomic mass is 16.5. The second-order valence-corrected chi connectivity index (χ2v) is 6.67. The number of methoxy groups -OCH3 is 1. The average Bonchev–Trinajstić information content (AvgIpc) is 3.26. The SMILES string of the molecule is COc1ccc(-c2noc([C@H](C)NC(=O)Cn3ncc4ccccc4c3=O)n2)cc1. The van der Waals surface area contributed by atoms with E-state index in [4.69, 9.17) is 9.26 Å². The van der Waals surface area contributed by atoms with Crippen molar-refractivity contribution >= 4 is 16.7 Å². The number of carbonyl (C=O) groups is 1. The summed E-state index contributed by atoms with van der Waals surface area (Å²) in [6.07, 6.45) is 1.56. The van der Waals surface area contributed by atoms with Crippen LogP contribution in [-0.2, 0) is 11.3 Å². The van der Waals surface area contributed by atoms with Gasteiger partial charge in [0.2, 0.25) is 17.6 Å². The van der Waals surface area contributed by atoms with Gasteiger partial charge in [-0.15, -0.1) is 0 Å². The molecule has 4 aromatic rings. The third-order valence-corrected chi connectivity index (χ3v) is 4.59. The molecule has 0 spiro atoms. The Bertz CT molecular complexity index is 1250. The van der Waals surface area contributed by atoms with Gasteiger partial charge < -0.3 is 14.6 Å². The summed E-state index contributed by atoms with van der Waals surface area (Å²) in [5.41, 5.74) is 0.437. The van der Waals surface area contributed by atoms with Crippen molar-refractivity contribution in [1.29, 1.82) is 0 Å². The van der Waals surface area contributed by atoms with Gasteiger partial charge in [0.1, 0.15) is 18.3 Å². The zero-order chi connectivity index (χ0) is 21.1.